The van der Waals surface area contributed by atoms with Gasteiger partial charge in [0, 0.05) is 18.0 Å². The predicted octanol–water partition coefficient (Wildman–Crippen LogP) is 3.67. The lowest BCUT2D eigenvalue weighted by molar-refractivity contribution is 0.240. The van der Waals surface area contributed by atoms with E-state index in [1.165, 1.54) is 31.2 Å². The number of fused-ring (bicyclic) bond motifs is 1. The highest BCUT2D eigenvalue weighted by molar-refractivity contribution is 7.10. The largest absolute Gasteiger partial charge is 0.338 e. The fourth-order valence-electron chi connectivity index (χ4n) is 2.92. The number of aryl methyl sites for hydroxylation is 1. The van der Waals surface area contributed by atoms with Gasteiger partial charge in [-0.1, -0.05) is 30.3 Å². The Kier molecular flexibility index (Phi) is 5.11. The van der Waals surface area contributed by atoms with E-state index >= 15 is 0 Å². The molecule has 2 amide bonds. The van der Waals surface area contributed by atoms with Gasteiger partial charge in [-0.05, 0) is 54.2 Å². The smallest absolute Gasteiger partial charge is 0.315 e. The molecule has 2 aromatic rings. The van der Waals surface area contributed by atoms with Crippen molar-refractivity contribution in [2.24, 2.45) is 0 Å². The fourth-order valence-corrected chi connectivity index (χ4v) is 4.10. The van der Waals surface area contributed by atoms with Crippen LogP contribution < -0.4 is 10.6 Å². The Morgan fingerprint density at radius 3 is 2.77 bits per heavy atom. The number of nitrogens with one attached hydrogen (secondary N) is 2. The molecule has 0 aliphatic heterocycles. The first kappa shape index (κ1) is 15.1. The van der Waals surface area contributed by atoms with Crippen LogP contribution in [-0.2, 0) is 25.8 Å². The molecule has 0 bridgehead atoms. The van der Waals surface area contributed by atoms with E-state index in [0.29, 0.717) is 13.1 Å². The maximum atomic E-state index is 11.8. The molecule has 3 nitrogen and oxygen atoms in total. The number of benzene rings is 1. The summed E-state index contributed by atoms with van der Waals surface area (Å²) in [5.74, 6) is 0. The molecule has 0 atom stereocenters. The van der Waals surface area contributed by atoms with Gasteiger partial charge in [0.2, 0.25) is 0 Å². The van der Waals surface area contributed by atoms with E-state index < -0.39 is 0 Å². The van der Waals surface area contributed by atoms with Crippen LogP contribution in [0.4, 0.5) is 4.79 Å². The third kappa shape index (κ3) is 3.89. The lowest BCUT2D eigenvalue weighted by atomic mass is 9.95. The molecule has 1 heterocycles. The van der Waals surface area contributed by atoms with Crippen molar-refractivity contribution >= 4 is 17.4 Å². The second kappa shape index (κ2) is 7.45. The molecule has 0 saturated carbocycles. The summed E-state index contributed by atoms with van der Waals surface area (Å²) in [4.78, 5) is 13.4. The van der Waals surface area contributed by atoms with Crippen molar-refractivity contribution in [3.05, 3.63) is 57.3 Å². The number of thiophene rings is 1. The van der Waals surface area contributed by atoms with Crippen LogP contribution in [0.2, 0.25) is 0 Å². The number of rotatable bonds is 5. The first-order valence-electron chi connectivity index (χ1n) is 7.96. The van der Waals surface area contributed by atoms with Crippen LogP contribution in [0, 0.1) is 0 Å². The van der Waals surface area contributed by atoms with Crippen molar-refractivity contribution in [3.63, 3.8) is 0 Å². The Balaban J connectivity index is 1.41. The van der Waals surface area contributed by atoms with Crippen molar-refractivity contribution in [3.8, 4) is 0 Å². The average Bonchev–Trinajstić information content (AvgIpc) is 2.97. The van der Waals surface area contributed by atoms with Gasteiger partial charge in [0.1, 0.15) is 0 Å². The van der Waals surface area contributed by atoms with Gasteiger partial charge < -0.3 is 10.6 Å². The highest BCUT2D eigenvalue weighted by atomic mass is 32.1. The molecule has 1 aliphatic rings. The zero-order valence-electron chi connectivity index (χ0n) is 12.7. The molecule has 116 valence electrons. The van der Waals surface area contributed by atoms with Crippen LogP contribution in [0.3, 0.4) is 0 Å². The molecule has 1 aliphatic carbocycles. The zero-order chi connectivity index (χ0) is 15.2. The molecule has 0 saturated heterocycles. The summed E-state index contributed by atoms with van der Waals surface area (Å²) in [7, 11) is 0. The van der Waals surface area contributed by atoms with Crippen molar-refractivity contribution in [1.82, 2.24) is 10.6 Å². The third-order valence-corrected chi connectivity index (χ3v) is 5.26. The van der Waals surface area contributed by atoms with Gasteiger partial charge in [0.25, 0.3) is 0 Å². The summed E-state index contributed by atoms with van der Waals surface area (Å²) < 4.78 is 0. The maximum Gasteiger partial charge on any atom is 0.315 e. The number of carbonyl (C=O) groups excluding carboxylic acids is 1. The van der Waals surface area contributed by atoms with Crippen LogP contribution in [0.5, 0.6) is 0 Å². The molecule has 22 heavy (non-hydrogen) atoms. The summed E-state index contributed by atoms with van der Waals surface area (Å²) in [5, 5.41) is 8.12. The molecule has 1 aromatic heterocycles. The van der Waals surface area contributed by atoms with Gasteiger partial charge in [0.05, 0.1) is 0 Å². The fraction of sp³-hybridized carbons (Fsp3) is 0.389. The van der Waals surface area contributed by atoms with E-state index in [2.05, 4.69) is 16.0 Å². The van der Waals surface area contributed by atoms with Gasteiger partial charge in [0.15, 0.2) is 0 Å². The van der Waals surface area contributed by atoms with Crippen LogP contribution >= 0.6 is 11.3 Å². The monoisotopic (exact) mass is 314 g/mol. The van der Waals surface area contributed by atoms with Gasteiger partial charge >= 0.3 is 6.03 Å². The second-order valence-electron chi connectivity index (χ2n) is 5.71. The van der Waals surface area contributed by atoms with Crippen molar-refractivity contribution in [1.29, 1.82) is 0 Å². The quantitative estimate of drug-likeness (QED) is 0.868. The van der Waals surface area contributed by atoms with Crippen LogP contribution in [0.25, 0.3) is 0 Å². The standard InChI is InChI=1S/C18H22N2OS/c21-18(20-12-14-6-2-1-3-7-14)19-11-10-15-13-22-17-9-5-4-8-16(15)17/h1-3,6-7,13H,4-5,8-12H2,(H2,19,20,21). The minimum Gasteiger partial charge on any atom is -0.338 e. The van der Waals surface area contributed by atoms with Crippen LogP contribution in [0.15, 0.2) is 35.7 Å². The number of hydrogen-bond donors (Lipinski definition) is 2. The molecular formula is C18H22N2OS. The van der Waals surface area contributed by atoms with Crippen LogP contribution in [-0.4, -0.2) is 12.6 Å². The predicted molar refractivity (Wildman–Crippen MR) is 91.3 cm³/mol. The Morgan fingerprint density at radius 1 is 1.09 bits per heavy atom. The Morgan fingerprint density at radius 2 is 1.91 bits per heavy atom. The van der Waals surface area contributed by atoms with E-state index in [-0.39, 0.29) is 6.03 Å². The molecule has 0 radical (unpaired) electrons. The molecule has 4 heteroatoms. The van der Waals surface area contributed by atoms with Gasteiger partial charge in [-0.3, -0.25) is 0 Å². The summed E-state index contributed by atoms with van der Waals surface area (Å²) in [6, 6.07) is 9.87. The zero-order valence-corrected chi connectivity index (χ0v) is 13.5. The minimum absolute atomic E-state index is 0.0899. The maximum absolute atomic E-state index is 11.8. The normalized spacial score (nSPS) is 13.5. The minimum atomic E-state index is -0.0899. The molecular weight excluding hydrogens is 292 g/mol. The molecule has 3 rings (SSSR count). The Labute approximate surface area is 135 Å². The average molecular weight is 314 g/mol. The van der Waals surface area contributed by atoms with Crippen LogP contribution in [0.1, 0.15) is 34.4 Å². The Hall–Kier alpha value is -1.81. The molecule has 0 unspecified atom stereocenters. The lowest BCUT2D eigenvalue weighted by Gasteiger charge is -2.13. The summed E-state index contributed by atoms with van der Waals surface area (Å²) in [6.07, 6.45) is 6.03. The summed E-state index contributed by atoms with van der Waals surface area (Å²) in [5.41, 5.74) is 4.11. The Bertz CT molecular complexity index is 621. The van der Waals surface area contributed by atoms with Gasteiger partial charge in [-0.25, -0.2) is 4.79 Å². The highest BCUT2D eigenvalue weighted by Crippen LogP contribution is 2.30. The third-order valence-electron chi connectivity index (χ3n) is 4.12. The number of amides is 2. The van der Waals surface area contributed by atoms with Gasteiger partial charge in [-0.15, -0.1) is 11.3 Å². The number of carbonyl (C=O) groups is 1. The van der Waals surface area contributed by atoms with Crippen molar-refractivity contribution < 1.29 is 4.79 Å². The number of hydrogen-bond acceptors (Lipinski definition) is 2. The molecule has 2 N–H and O–H groups in total. The van der Waals surface area contributed by atoms with Crippen molar-refractivity contribution in [2.75, 3.05) is 6.54 Å². The topological polar surface area (TPSA) is 41.1 Å². The van der Waals surface area contributed by atoms with Crippen molar-refractivity contribution in [2.45, 2.75) is 38.6 Å². The first-order valence-corrected chi connectivity index (χ1v) is 8.84. The first-order chi connectivity index (χ1) is 10.8. The lowest BCUT2D eigenvalue weighted by Crippen LogP contribution is -2.36. The van der Waals surface area contributed by atoms with E-state index in [1.54, 1.807) is 10.4 Å². The van der Waals surface area contributed by atoms with E-state index in [1.807, 2.05) is 41.7 Å². The number of urea groups is 1. The van der Waals surface area contributed by atoms with Gasteiger partial charge in [-0.2, -0.15) is 0 Å². The van der Waals surface area contributed by atoms with E-state index in [4.69, 9.17) is 0 Å². The summed E-state index contributed by atoms with van der Waals surface area (Å²) >= 11 is 1.89. The molecule has 0 fully saturated rings. The summed E-state index contributed by atoms with van der Waals surface area (Å²) in [6.45, 7) is 1.27. The highest BCUT2D eigenvalue weighted by Gasteiger charge is 2.15. The molecule has 0 spiro atoms. The van der Waals surface area contributed by atoms with E-state index in [9.17, 15) is 4.79 Å². The second-order valence-corrected chi connectivity index (χ2v) is 6.68. The van der Waals surface area contributed by atoms with E-state index in [0.717, 1.165) is 12.0 Å². The SMILES string of the molecule is O=C(NCCc1csc2c1CCCC2)NCc1ccccc1. The molecule has 1 aromatic carbocycles.